The number of carbonyl (C=O) groups is 1. The van der Waals surface area contributed by atoms with Crippen LogP contribution in [0.15, 0.2) is 30.5 Å². The fourth-order valence-corrected chi connectivity index (χ4v) is 4.04. The maximum Gasteiger partial charge on any atom is 0.407 e. The van der Waals surface area contributed by atoms with Crippen molar-refractivity contribution in [3.8, 4) is 0 Å². The lowest BCUT2D eigenvalue weighted by Crippen LogP contribution is -2.46. The molecule has 6 nitrogen and oxygen atoms in total. The summed E-state index contributed by atoms with van der Waals surface area (Å²) >= 11 is 0. The quantitative estimate of drug-likeness (QED) is 0.445. The van der Waals surface area contributed by atoms with Crippen LogP contribution in [0.1, 0.15) is 43.6 Å². The minimum Gasteiger partial charge on any atom is -0.444 e. The molecule has 1 N–H and O–H groups in total. The second-order valence-electron chi connectivity index (χ2n) is 8.79. The zero-order valence-corrected chi connectivity index (χ0v) is 17.7. The number of amides is 1. The van der Waals surface area contributed by atoms with Crippen molar-refractivity contribution in [2.24, 2.45) is 0 Å². The average Bonchev–Trinajstić information content (AvgIpc) is 3.05. The molecule has 0 saturated heterocycles. The number of imidazole rings is 1. The lowest BCUT2D eigenvalue weighted by Gasteiger charge is -2.33. The molecule has 166 valence electrons. The molecule has 0 aliphatic heterocycles. The summed E-state index contributed by atoms with van der Waals surface area (Å²) in [5, 5.41) is 2.77. The van der Waals surface area contributed by atoms with Gasteiger partial charge in [-0.3, -0.25) is 0 Å². The van der Waals surface area contributed by atoms with Crippen LogP contribution in [0.2, 0.25) is 0 Å². The predicted octanol–water partition coefficient (Wildman–Crippen LogP) is 5.08. The normalized spacial score (nSPS) is 18.2. The van der Waals surface area contributed by atoms with E-state index in [1.807, 2.05) is 4.40 Å². The van der Waals surface area contributed by atoms with Gasteiger partial charge in [0.2, 0.25) is 0 Å². The van der Waals surface area contributed by atoms with E-state index in [1.165, 1.54) is 0 Å². The number of fused-ring (bicyclic) bond motifs is 3. The van der Waals surface area contributed by atoms with Crippen molar-refractivity contribution in [2.45, 2.75) is 51.2 Å². The number of rotatable bonds is 2. The van der Waals surface area contributed by atoms with Crippen molar-refractivity contribution < 1.29 is 22.7 Å². The molecule has 32 heavy (non-hydrogen) atoms. The lowest BCUT2D eigenvalue weighted by molar-refractivity contribution is 0.0493. The van der Waals surface area contributed by atoms with E-state index in [4.69, 9.17) is 11.3 Å². The van der Waals surface area contributed by atoms with Gasteiger partial charge in [-0.1, -0.05) is 0 Å². The van der Waals surface area contributed by atoms with Crippen LogP contribution < -0.4 is 5.32 Å². The molecule has 1 amide bonds. The second kappa shape index (κ2) is 7.86. The first kappa shape index (κ1) is 21.7. The molecule has 0 saturated carbocycles. The molecule has 4 rings (SSSR count). The number of hydrogen-bond acceptors (Lipinski definition) is 3. The average molecular weight is 442 g/mol. The molecule has 2 heterocycles. The van der Waals surface area contributed by atoms with Crippen LogP contribution in [0.3, 0.4) is 0 Å². The van der Waals surface area contributed by atoms with Crippen molar-refractivity contribution in [1.82, 2.24) is 14.7 Å². The third-order valence-corrected chi connectivity index (χ3v) is 5.37. The molecule has 0 unspecified atom stereocenters. The van der Waals surface area contributed by atoms with Gasteiger partial charge < -0.3 is 14.5 Å². The van der Waals surface area contributed by atoms with E-state index in [2.05, 4.69) is 15.1 Å². The van der Waals surface area contributed by atoms with Gasteiger partial charge in [0.1, 0.15) is 17.1 Å². The molecule has 2 atom stereocenters. The highest BCUT2D eigenvalue weighted by Gasteiger charge is 2.36. The zero-order valence-electron chi connectivity index (χ0n) is 17.7. The number of nitrogens with zero attached hydrogens (tertiary/aromatic N) is 3. The van der Waals surface area contributed by atoms with Gasteiger partial charge >= 0.3 is 6.09 Å². The Hall–Kier alpha value is -3.54. The predicted molar refractivity (Wildman–Crippen MR) is 111 cm³/mol. The van der Waals surface area contributed by atoms with Gasteiger partial charge in [-0.2, -0.15) is 0 Å². The smallest absolute Gasteiger partial charge is 0.407 e. The van der Waals surface area contributed by atoms with Crippen LogP contribution in [0.5, 0.6) is 0 Å². The molecule has 0 fully saturated rings. The Morgan fingerprint density at radius 1 is 1.19 bits per heavy atom. The maximum absolute atomic E-state index is 14.7. The summed E-state index contributed by atoms with van der Waals surface area (Å²) in [4.78, 5) is 20.5. The van der Waals surface area contributed by atoms with Gasteiger partial charge in [0.25, 0.3) is 0 Å². The Morgan fingerprint density at radius 3 is 2.59 bits per heavy atom. The third-order valence-electron chi connectivity index (χ3n) is 5.37. The topological polar surface area (TPSA) is 60.0 Å². The molecule has 0 bridgehead atoms. The Balaban J connectivity index is 1.77. The highest BCUT2D eigenvalue weighted by molar-refractivity contribution is 5.68. The van der Waals surface area contributed by atoms with Crippen LogP contribution >= 0.6 is 0 Å². The lowest BCUT2D eigenvalue weighted by atomic mass is 9.80. The van der Waals surface area contributed by atoms with Crippen molar-refractivity contribution in [3.63, 3.8) is 0 Å². The second-order valence-corrected chi connectivity index (χ2v) is 8.79. The highest BCUT2D eigenvalue weighted by atomic mass is 19.2. The van der Waals surface area contributed by atoms with E-state index in [9.17, 15) is 18.0 Å². The number of pyridine rings is 1. The van der Waals surface area contributed by atoms with Crippen molar-refractivity contribution in [2.75, 3.05) is 0 Å². The molecule has 0 spiro atoms. The Labute approximate surface area is 182 Å². The number of nitrogens with one attached hydrogen (secondary N) is 1. The van der Waals surface area contributed by atoms with Gasteiger partial charge in [-0.05, 0) is 44.5 Å². The van der Waals surface area contributed by atoms with Gasteiger partial charge in [-0.15, -0.1) is 0 Å². The van der Waals surface area contributed by atoms with Crippen molar-refractivity contribution in [3.05, 3.63) is 76.3 Å². The minimum atomic E-state index is -1.28. The monoisotopic (exact) mass is 442 g/mol. The zero-order chi connectivity index (χ0) is 23.2. The van der Waals surface area contributed by atoms with Crippen molar-refractivity contribution >= 4 is 17.4 Å². The number of halogens is 3. The fraction of sp³-hybridized carbons (Fsp3) is 0.348. The van der Waals surface area contributed by atoms with Crippen LogP contribution in [-0.2, 0) is 17.6 Å². The first-order valence-electron chi connectivity index (χ1n) is 10.1. The summed E-state index contributed by atoms with van der Waals surface area (Å²) in [6.07, 6.45) is 1.48. The Morgan fingerprint density at radius 2 is 1.91 bits per heavy atom. The van der Waals surface area contributed by atoms with Gasteiger partial charge in [0, 0.05) is 42.8 Å². The molecule has 3 aromatic rings. The van der Waals surface area contributed by atoms with E-state index in [0.29, 0.717) is 23.1 Å². The standard InChI is InChI=1S/C23H21F3N4O2/c1-23(2,3)32-22(31)29-18-11-20-19(28-21-7-12(27-4)5-6-30(20)21)9-14(18)13-8-16(25)17(26)10-15(13)24/h5-8,10,14,18H,9,11H2,1-3H3,(H,29,31)/t14-,18+/m1/s1. The molecule has 0 radical (unpaired) electrons. The first-order chi connectivity index (χ1) is 15.1. The fourth-order valence-electron chi connectivity index (χ4n) is 4.04. The number of alkyl carbamates (subject to hydrolysis) is 1. The van der Waals surface area contributed by atoms with E-state index in [-0.39, 0.29) is 18.4 Å². The number of ether oxygens (including phenoxy) is 1. The van der Waals surface area contributed by atoms with Gasteiger partial charge in [-0.25, -0.2) is 27.8 Å². The summed E-state index contributed by atoms with van der Waals surface area (Å²) in [7, 11) is 0. The summed E-state index contributed by atoms with van der Waals surface area (Å²) in [5.74, 6) is -4.04. The largest absolute Gasteiger partial charge is 0.444 e. The highest BCUT2D eigenvalue weighted by Crippen LogP contribution is 2.36. The molecular weight excluding hydrogens is 421 g/mol. The maximum atomic E-state index is 14.7. The summed E-state index contributed by atoms with van der Waals surface area (Å²) in [6.45, 7) is 12.3. The Kier molecular flexibility index (Phi) is 5.33. The number of hydrogen-bond donors (Lipinski definition) is 1. The summed E-state index contributed by atoms with van der Waals surface area (Å²) in [5.41, 5.74) is 1.61. The summed E-state index contributed by atoms with van der Waals surface area (Å²) in [6, 6.07) is 3.97. The molecule has 1 aromatic carbocycles. The minimum absolute atomic E-state index is 0.0467. The van der Waals surface area contributed by atoms with Crippen LogP contribution in [0.4, 0.5) is 23.7 Å². The van der Waals surface area contributed by atoms with E-state index < -0.39 is 41.1 Å². The van der Waals surface area contributed by atoms with Gasteiger partial charge in [0.15, 0.2) is 17.3 Å². The van der Waals surface area contributed by atoms with Crippen LogP contribution in [0, 0.1) is 24.0 Å². The van der Waals surface area contributed by atoms with Crippen LogP contribution in [0.25, 0.3) is 10.5 Å². The molecule has 1 aliphatic rings. The van der Waals surface area contributed by atoms with E-state index in [1.54, 1.807) is 39.1 Å². The molecule has 1 aliphatic carbocycles. The summed E-state index contributed by atoms with van der Waals surface area (Å²) < 4.78 is 49.3. The van der Waals surface area contributed by atoms with E-state index >= 15 is 0 Å². The molecular formula is C23H21F3N4O2. The number of aromatic nitrogens is 2. The number of carbonyl (C=O) groups excluding carboxylic acids is 1. The molecule has 9 heteroatoms. The SMILES string of the molecule is [C-]#[N+]c1ccn2c3c(nc2c1)C[C@H](c1cc(F)c(F)cc1F)[C@@H](NC(=O)OC(C)(C)C)C3. The third kappa shape index (κ3) is 4.13. The van der Waals surface area contributed by atoms with Crippen LogP contribution in [-0.4, -0.2) is 27.1 Å². The van der Waals surface area contributed by atoms with Gasteiger partial charge in [0.05, 0.1) is 12.3 Å². The van der Waals surface area contributed by atoms with E-state index in [0.717, 1.165) is 11.8 Å². The number of benzene rings is 1. The van der Waals surface area contributed by atoms with Crippen molar-refractivity contribution in [1.29, 1.82) is 0 Å². The molecule has 2 aromatic heterocycles. The Bertz CT molecular complexity index is 1260. The first-order valence-corrected chi connectivity index (χ1v) is 10.1.